The SMILES string of the molecule is Cc1cc(CNC(c2cccs2)C(C)C)ccc1F. The highest BCUT2D eigenvalue weighted by Gasteiger charge is 2.16. The molecule has 19 heavy (non-hydrogen) atoms. The highest BCUT2D eigenvalue weighted by atomic mass is 32.1. The number of halogens is 1. The van der Waals surface area contributed by atoms with Crippen LogP contribution in [0.15, 0.2) is 35.7 Å². The molecule has 1 N–H and O–H groups in total. The number of nitrogens with one attached hydrogen (secondary N) is 1. The van der Waals surface area contributed by atoms with Crippen LogP contribution in [-0.2, 0) is 6.54 Å². The molecule has 1 aromatic carbocycles. The van der Waals surface area contributed by atoms with Crippen molar-refractivity contribution >= 4 is 11.3 Å². The van der Waals surface area contributed by atoms with E-state index in [9.17, 15) is 4.39 Å². The fourth-order valence-electron chi connectivity index (χ4n) is 2.18. The fourth-order valence-corrected chi connectivity index (χ4v) is 3.15. The largest absolute Gasteiger partial charge is 0.305 e. The molecule has 0 spiro atoms. The van der Waals surface area contributed by atoms with E-state index in [1.165, 1.54) is 4.88 Å². The third kappa shape index (κ3) is 3.64. The molecule has 1 heterocycles. The summed E-state index contributed by atoms with van der Waals surface area (Å²) in [6.07, 6.45) is 0. The van der Waals surface area contributed by atoms with Gasteiger partial charge in [-0.2, -0.15) is 0 Å². The van der Waals surface area contributed by atoms with Gasteiger partial charge in [-0.15, -0.1) is 11.3 Å². The molecule has 3 heteroatoms. The number of rotatable bonds is 5. The van der Waals surface area contributed by atoms with Crippen LogP contribution in [0.5, 0.6) is 0 Å². The average Bonchev–Trinajstić information content (AvgIpc) is 2.87. The molecule has 2 rings (SSSR count). The first-order valence-corrected chi connectivity index (χ1v) is 7.47. The van der Waals surface area contributed by atoms with E-state index in [-0.39, 0.29) is 5.82 Å². The average molecular weight is 277 g/mol. The van der Waals surface area contributed by atoms with Gasteiger partial charge in [0.05, 0.1) is 0 Å². The number of hydrogen-bond acceptors (Lipinski definition) is 2. The Hall–Kier alpha value is -1.19. The van der Waals surface area contributed by atoms with Crippen LogP contribution in [0, 0.1) is 18.7 Å². The minimum absolute atomic E-state index is 0.137. The van der Waals surface area contributed by atoms with Crippen LogP contribution >= 0.6 is 11.3 Å². The van der Waals surface area contributed by atoms with Crippen molar-refractivity contribution in [3.63, 3.8) is 0 Å². The van der Waals surface area contributed by atoms with E-state index in [1.807, 2.05) is 12.1 Å². The highest BCUT2D eigenvalue weighted by molar-refractivity contribution is 7.10. The maximum absolute atomic E-state index is 13.2. The van der Waals surface area contributed by atoms with Gasteiger partial charge in [0, 0.05) is 17.5 Å². The van der Waals surface area contributed by atoms with Crippen molar-refractivity contribution in [3.8, 4) is 0 Å². The molecule has 1 atom stereocenters. The highest BCUT2D eigenvalue weighted by Crippen LogP contribution is 2.26. The summed E-state index contributed by atoms with van der Waals surface area (Å²) in [5, 5.41) is 5.68. The first-order chi connectivity index (χ1) is 9.08. The molecule has 0 saturated carbocycles. The summed E-state index contributed by atoms with van der Waals surface area (Å²) in [4.78, 5) is 1.36. The Labute approximate surface area is 118 Å². The van der Waals surface area contributed by atoms with Crippen LogP contribution < -0.4 is 5.32 Å². The van der Waals surface area contributed by atoms with Gasteiger partial charge < -0.3 is 5.32 Å². The second-order valence-corrected chi connectivity index (χ2v) is 6.18. The summed E-state index contributed by atoms with van der Waals surface area (Å²) < 4.78 is 13.2. The molecule has 1 nitrogen and oxygen atoms in total. The number of aryl methyl sites for hydroxylation is 1. The lowest BCUT2D eigenvalue weighted by molar-refractivity contribution is 0.416. The molecule has 0 bridgehead atoms. The molecule has 0 saturated heterocycles. The van der Waals surface area contributed by atoms with Crippen molar-refractivity contribution < 1.29 is 4.39 Å². The van der Waals surface area contributed by atoms with E-state index in [1.54, 1.807) is 24.3 Å². The molecule has 0 fully saturated rings. The molecule has 0 amide bonds. The summed E-state index contributed by atoms with van der Waals surface area (Å²) in [5.41, 5.74) is 1.83. The molecule has 102 valence electrons. The standard InChI is InChI=1S/C16H20FNS/c1-11(2)16(15-5-4-8-19-15)18-10-13-6-7-14(17)12(3)9-13/h4-9,11,16,18H,10H2,1-3H3. The van der Waals surface area contributed by atoms with E-state index < -0.39 is 0 Å². The van der Waals surface area contributed by atoms with Gasteiger partial charge >= 0.3 is 0 Å². The molecule has 1 aromatic heterocycles. The molecule has 0 radical (unpaired) electrons. The first kappa shape index (κ1) is 14.2. The molecular formula is C16H20FNS. The second-order valence-electron chi connectivity index (χ2n) is 5.20. The van der Waals surface area contributed by atoms with Gasteiger partial charge in [0.1, 0.15) is 5.82 Å². The Morgan fingerprint density at radius 1 is 1.26 bits per heavy atom. The van der Waals surface area contributed by atoms with Gasteiger partial charge in [-0.25, -0.2) is 4.39 Å². The van der Waals surface area contributed by atoms with Crippen molar-refractivity contribution in [3.05, 3.63) is 57.5 Å². The number of thiophene rings is 1. The Morgan fingerprint density at radius 3 is 2.63 bits per heavy atom. The monoisotopic (exact) mass is 277 g/mol. The predicted octanol–water partition coefficient (Wildman–Crippen LogP) is 4.68. The summed E-state index contributed by atoms with van der Waals surface area (Å²) in [7, 11) is 0. The Morgan fingerprint density at radius 2 is 2.05 bits per heavy atom. The van der Waals surface area contributed by atoms with Gasteiger partial charge in [-0.3, -0.25) is 0 Å². The van der Waals surface area contributed by atoms with Crippen molar-refractivity contribution in [2.45, 2.75) is 33.4 Å². The number of benzene rings is 1. The van der Waals surface area contributed by atoms with Crippen LogP contribution in [-0.4, -0.2) is 0 Å². The fraction of sp³-hybridized carbons (Fsp3) is 0.375. The molecule has 1 unspecified atom stereocenters. The van der Waals surface area contributed by atoms with Crippen LogP contribution in [0.4, 0.5) is 4.39 Å². The summed E-state index contributed by atoms with van der Waals surface area (Å²) in [6.45, 7) is 7.00. The Bertz CT molecular complexity index is 520. The van der Waals surface area contributed by atoms with Gasteiger partial charge in [0.15, 0.2) is 0 Å². The lowest BCUT2D eigenvalue weighted by Gasteiger charge is -2.21. The van der Waals surface area contributed by atoms with Gasteiger partial charge in [0.25, 0.3) is 0 Å². The van der Waals surface area contributed by atoms with Gasteiger partial charge in [0.2, 0.25) is 0 Å². The maximum Gasteiger partial charge on any atom is 0.126 e. The minimum atomic E-state index is -0.137. The predicted molar refractivity (Wildman–Crippen MR) is 79.9 cm³/mol. The smallest absolute Gasteiger partial charge is 0.126 e. The lowest BCUT2D eigenvalue weighted by atomic mass is 10.0. The maximum atomic E-state index is 13.2. The first-order valence-electron chi connectivity index (χ1n) is 6.59. The zero-order valence-electron chi connectivity index (χ0n) is 11.6. The van der Waals surface area contributed by atoms with Crippen molar-refractivity contribution in [1.82, 2.24) is 5.32 Å². The van der Waals surface area contributed by atoms with Crippen molar-refractivity contribution in [2.75, 3.05) is 0 Å². The summed E-state index contributed by atoms with van der Waals surface area (Å²) >= 11 is 1.78. The summed E-state index contributed by atoms with van der Waals surface area (Å²) in [5.74, 6) is 0.391. The molecule has 0 aliphatic carbocycles. The van der Waals surface area contributed by atoms with Gasteiger partial charge in [-0.1, -0.05) is 32.0 Å². The van der Waals surface area contributed by atoms with E-state index in [0.717, 1.165) is 12.1 Å². The number of hydrogen-bond donors (Lipinski definition) is 1. The second kappa shape index (κ2) is 6.31. The topological polar surface area (TPSA) is 12.0 Å². The zero-order valence-corrected chi connectivity index (χ0v) is 12.4. The third-order valence-electron chi connectivity index (χ3n) is 3.26. The zero-order chi connectivity index (χ0) is 13.8. The van der Waals surface area contributed by atoms with Gasteiger partial charge in [-0.05, 0) is 41.5 Å². The Balaban J connectivity index is 2.05. The van der Waals surface area contributed by atoms with E-state index in [4.69, 9.17) is 0 Å². The van der Waals surface area contributed by atoms with E-state index in [2.05, 4.69) is 36.7 Å². The van der Waals surface area contributed by atoms with E-state index >= 15 is 0 Å². The molecule has 0 aliphatic rings. The minimum Gasteiger partial charge on any atom is -0.305 e. The third-order valence-corrected chi connectivity index (χ3v) is 4.22. The van der Waals surface area contributed by atoms with E-state index in [0.29, 0.717) is 17.5 Å². The molecule has 0 aliphatic heterocycles. The van der Waals surface area contributed by atoms with Crippen LogP contribution in [0.1, 0.15) is 35.9 Å². The van der Waals surface area contributed by atoms with Crippen molar-refractivity contribution in [2.24, 2.45) is 5.92 Å². The van der Waals surface area contributed by atoms with Crippen LogP contribution in [0.25, 0.3) is 0 Å². The quantitative estimate of drug-likeness (QED) is 0.836. The normalized spacial score (nSPS) is 12.9. The lowest BCUT2D eigenvalue weighted by Crippen LogP contribution is -2.24. The van der Waals surface area contributed by atoms with Crippen molar-refractivity contribution in [1.29, 1.82) is 0 Å². The van der Waals surface area contributed by atoms with Crippen LogP contribution in [0.2, 0.25) is 0 Å². The summed E-state index contributed by atoms with van der Waals surface area (Å²) in [6, 6.07) is 9.90. The molecular weight excluding hydrogens is 257 g/mol. The molecule has 2 aromatic rings. The Kier molecular flexibility index (Phi) is 4.72. The van der Waals surface area contributed by atoms with Crippen LogP contribution in [0.3, 0.4) is 0 Å².